The number of halogens is 3. The van der Waals surface area contributed by atoms with Crippen molar-refractivity contribution >= 4 is 27.5 Å². The number of sulfonamides is 1. The molecule has 0 aliphatic heterocycles. The molecule has 1 fully saturated rings. The molecule has 8 nitrogen and oxygen atoms in total. The molecule has 172 valence electrons. The molecule has 1 saturated carbocycles. The molecule has 0 bridgehead atoms. The van der Waals surface area contributed by atoms with Gasteiger partial charge in [0.05, 0.1) is 4.90 Å². The number of nitrogens with one attached hydrogen (secondary N) is 3. The predicted octanol–water partition coefficient (Wildman–Crippen LogP) is 2.64. The molecule has 2 aromatic rings. The first-order valence-electron chi connectivity index (χ1n) is 9.58. The molecule has 0 saturated heterocycles. The third-order valence-corrected chi connectivity index (χ3v) is 5.91. The van der Waals surface area contributed by atoms with Crippen LogP contribution in [0.15, 0.2) is 53.4 Å². The molecule has 12 heteroatoms. The molecule has 0 spiro atoms. The lowest BCUT2D eigenvalue weighted by molar-refractivity contribution is -0.274. The van der Waals surface area contributed by atoms with Gasteiger partial charge >= 0.3 is 6.36 Å². The van der Waals surface area contributed by atoms with Crippen LogP contribution in [-0.2, 0) is 14.8 Å². The van der Waals surface area contributed by atoms with Crippen molar-refractivity contribution in [3.63, 3.8) is 0 Å². The van der Waals surface area contributed by atoms with Crippen LogP contribution in [-0.4, -0.2) is 39.7 Å². The van der Waals surface area contributed by atoms with Crippen LogP contribution in [0.1, 0.15) is 23.2 Å². The predicted molar refractivity (Wildman–Crippen MR) is 108 cm³/mol. The van der Waals surface area contributed by atoms with E-state index >= 15 is 0 Å². The van der Waals surface area contributed by atoms with Gasteiger partial charge in [0.1, 0.15) is 5.75 Å². The fraction of sp³-hybridized carbons (Fsp3) is 0.300. The Morgan fingerprint density at radius 3 is 2.16 bits per heavy atom. The molecular formula is C20H20F3N3O5S. The second kappa shape index (κ2) is 9.57. The van der Waals surface area contributed by atoms with Crippen LogP contribution in [0.3, 0.4) is 0 Å². The zero-order valence-electron chi connectivity index (χ0n) is 16.6. The highest BCUT2D eigenvalue weighted by atomic mass is 32.2. The number of amides is 2. The summed E-state index contributed by atoms with van der Waals surface area (Å²) in [5.41, 5.74) is 0.912. The number of carbonyl (C=O) groups is 2. The highest BCUT2D eigenvalue weighted by molar-refractivity contribution is 7.89. The topological polar surface area (TPSA) is 114 Å². The van der Waals surface area contributed by atoms with Crippen LogP contribution in [0.2, 0.25) is 0 Å². The van der Waals surface area contributed by atoms with Gasteiger partial charge in [-0.2, -0.15) is 0 Å². The molecule has 0 atom stereocenters. The normalized spacial score (nSPS) is 14.0. The van der Waals surface area contributed by atoms with E-state index in [1.54, 1.807) is 12.1 Å². The Labute approximate surface area is 182 Å². The van der Waals surface area contributed by atoms with Crippen molar-refractivity contribution < 1.29 is 35.9 Å². The first-order chi connectivity index (χ1) is 15.0. The lowest BCUT2D eigenvalue weighted by Crippen LogP contribution is -2.34. The fourth-order valence-corrected chi connectivity index (χ4v) is 3.69. The monoisotopic (exact) mass is 471 g/mol. The summed E-state index contributed by atoms with van der Waals surface area (Å²) >= 11 is 0. The van der Waals surface area contributed by atoms with Crippen molar-refractivity contribution in [3.05, 3.63) is 54.1 Å². The van der Waals surface area contributed by atoms with Gasteiger partial charge in [0.25, 0.3) is 5.91 Å². The van der Waals surface area contributed by atoms with Crippen LogP contribution < -0.4 is 20.1 Å². The van der Waals surface area contributed by atoms with Crippen LogP contribution in [0.25, 0.3) is 0 Å². The summed E-state index contributed by atoms with van der Waals surface area (Å²) in [7, 11) is -3.98. The van der Waals surface area contributed by atoms with Gasteiger partial charge in [0.2, 0.25) is 15.9 Å². The van der Waals surface area contributed by atoms with Crippen molar-refractivity contribution in [2.75, 3.05) is 18.4 Å². The van der Waals surface area contributed by atoms with Gasteiger partial charge in [0, 0.05) is 30.3 Å². The minimum Gasteiger partial charge on any atom is -0.406 e. The van der Waals surface area contributed by atoms with Gasteiger partial charge in [-0.25, -0.2) is 13.1 Å². The maximum absolute atomic E-state index is 12.2. The van der Waals surface area contributed by atoms with Crippen LogP contribution in [0, 0.1) is 5.92 Å². The minimum atomic E-state index is -4.87. The molecule has 0 radical (unpaired) electrons. The molecule has 32 heavy (non-hydrogen) atoms. The van der Waals surface area contributed by atoms with Crippen LogP contribution >= 0.6 is 0 Å². The van der Waals surface area contributed by atoms with E-state index in [1.807, 2.05) is 0 Å². The summed E-state index contributed by atoms with van der Waals surface area (Å²) < 4.78 is 66.8. The number of hydrogen-bond acceptors (Lipinski definition) is 5. The minimum absolute atomic E-state index is 0.0203. The SMILES string of the molecule is O=C(NCCNS(=O)(=O)c1ccc(OC(F)(F)F)cc1)c1ccc(NC(=O)C2CC2)cc1. The summed E-state index contributed by atoms with van der Waals surface area (Å²) in [4.78, 5) is 23.6. The molecule has 0 unspecified atom stereocenters. The lowest BCUT2D eigenvalue weighted by atomic mass is 10.2. The van der Waals surface area contributed by atoms with Crippen molar-refractivity contribution in [1.29, 1.82) is 0 Å². The highest BCUT2D eigenvalue weighted by Gasteiger charge is 2.31. The Hall–Kier alpha value is -3.12. The molecule has 2 aromatic carbocycles. The number of alkyl halides is 3. The Morgan fingerprint density at radius 1 is 0.969 bits per heavy atom. The maximum Gasteiger partial charge on any atom is 0.573 e. The molecule has 1 aliphatic rings. The van der Waals surface area contributed by atoms with Gasteiger partial charge in [0.15, 0.2) is 0 Å². The summed E-state index contributed by atoms with van der Waals surface area (Å²) in [6.45, 7) is -0.155. The molecule has 1 aliphatic carbocycles. The molecular weight excluding hydrogens is 451 g/mol. The zero-order valence-corrected chi connectivity index (χ0v) is 17.4. The van der Waals surface area contributed by atoms with Gasteiger partial charge < -0.3 is 15.4 Å². The number of carbonyl (C=O) groups excluding carboxylic acids is 2. The van der Waals surface area contributed by atoms with Crippen molar-refractivity contribution in [3.8, 4) is 5.75 Å². The highest BCUT2D eigenvalue weighted by Crippen LogP contribution is 2.30. The van der Waals surface area contributed by atoms with Crippen LogP contribution in [0.5, 0.6) is 5.75 Å². The standard InChI is InChI=1S/C20H20F3N3O5S/c21-20(22,23)31-16-7-9-17(10-8-16)32(29,30)25-12-11-24-18(27)13-3-5-15(6-4-13)26-19(28)14-1-2-14/h3-10,14,25H,1-2,11-12H2,(H,24,27)(H,26,28). The van der Waals surface area contributed by atoms with Crippen molar-refractivity contribution in [2.45, 2.75) is 24.1 Å². The zero-order chi connectivity index (χ0) is 23.4. The Bertz CT molecular complexity index is 1070. The van der Waals surface area contributed by atoms with E-state index in [-0.39, 0.29) is 29.8 Å². The largest absolute Gasteiger partial charge is 0.573 e. The van der Waals surface area contributed by atoms with Gasteiger partial charge in [-0.05, 0) is 61.4 Å². The number of anilines is 1. The molecule has 3 N–H and O–H groups in total. The molecule has 0 aromatic heterocycles. The number of benzene rings is 2. The Balaban J connectivity index is 1.44. The van der Waals surface area contributed by atoms with E-state index in [2.05, 4.69) is 20.1 Å². The lowest BCUT2D eigenvalue weighted by Gasteiger charge is -2.11. The van der Waals surface area contributed by atoms with Gasteiger partial charge in [-0.1, -0.05) is 0 Å². The van der Waals surface area contributed by atoms with E-state index in [0.717, 1.165) is 37.1 Å². The third-order valence-electron chi connectivity index (χ3n) is 4.43. The first kappa shape index (κ1) is 23.5. The van der Waals surface area contributed by atoms with E-state index in [1.165, 1.54) is 12.1 Å². The van der Waals surface area contributed by atoms with Crippen molar-refractivity contribution in [2.24, 2.45) is 5.92 Å². The smallest absolute Gasteiger partial charge is 0.406 e. The second-order valence-corrected chi connectivity index (χ2v) is 8.78. The first-order valence-corrected chi connectivity index (χ1v) is 11.1. The fourth-order valence-electron chi connectivity index (χ4n) is 2.66. The van der Waals surface area contributed by atoms with E-state index in [9.17, 15) is 31.2 Å². The summed E-state index contributed by atoms with van der Waals surface area (Å²) in [5.74, 6) is -0.954. The number of hydrogen-bond donors (Lipinski definition) is 3. The van der Waals surface area contributed by atoms with Crippen LogP contribution in [0.4, 0.5) is 18.9 Å². The summed E-state index contributed by atoms with van der Waals surface area (Å²) in [5, 5.41) is 5.31. The average molecular weight is 471 g/mol. The average Bonchev–Trinajstić information content (AvgIpc) is 3.56. The summed E-state index contributed by atoms with van der Waals surface area (Å²) in [6.07, 6.45) is -3.11. The third kappa shape index (κ3) is 6.95. The van der Waals surface area contributed by atoms with Gasteiger partial charge in [-0.15, -0.1) is 13.2 Å². The Kier molecular flexibility index (Phi) is 7.04. The van der Waals surface area contributed by atoms with Gasteiger partial charge in [-0.3, -0.25) is 9.59 Å². The quantitative estimate of drug-likeness (QED) is 0.487. The molecule has 0 heterocycles. The van der Waals surface area contributed by atoms with E-state index < -0.39 is 28.0 Å². The Morgan fingerprint density at radius 2 is 1.59 bits per heavy atom. The molecule has 3 rings (SSSR count). The number of ether oxygens (including phenoxy) is 1. The summed E-state index contributed by atoms with van der Waals surface area (Å²) in [6, 6.07) is 10.0. The van der Waals surface area contributed by atoms with E-state index in [4.69, 9.17) is 0 Å². The van der Waals surface area contributed by atoms with E-state index in [0.29, 0.717) is 11.3 Å². The number of rotatable bonds is 9. The second-order valence-electron chi connectivity index (χ2n) is 7.01. The maximum atomic E-state index is 12.2. The molecule has 2 amide bonds. The van der Waals surface area contributed by atoms with Crippen molar-refractivity contribution in [1.82, 2.24) is 10.0 Å².